The number of nitrogens with one attached hydrogen (secondary N) is 2. The van der Waals surface area contributed by atoms with E-state index in [-0.39, 0.29) is 23.2 Å². The van der Waals surface area contributed by atoms with Crippen LogP contribution in [0.4, 0.5) is 0 Å². The number of benzene rings is 1. The lowest BCUT2D eigenvalue weighted by Crippen LogP contribution is -2.24. The van der Waals surface area contributed by atoms with Gasteiger partial charge in [-0.15, -0.1) is 0 Å². The molecule has 0 unspecified atom stereocenters. The lowest BCUT2D eigenvalue weighted by Gasteiger charge is -2.09. The monoisotopic (exact) mass is 335 g/mol. The summed E-state index contributed by atoms with van der Waals surface area (Å²) < 4.78 is 30.8. The zero-order valence-corrected chi connectivity index (χ0v) is 13.6. The maximum atomic E-state index is 12.2. The molecular formula is C15H17N3O4S. The van der Waals surface area contributed by atoms with Gasteiger partial charge in [-0.3, -0.25) is 4.79 Å². The van der Waals surface area contributed by atoms with E-state index in [4.69, 9.17) is 4.74 Å². The van der Waals surface area contributed by atoms with Crippen LogP contribution in [0.25, 0.3) is 0 Å². The number of carbonyl (C=O) groups is 1. The molecule has 7 nitrogen and oxygen atoms in total. The average molecular weight is 335 g/mol. The van der Waals surface area contributed by atoms with Gasteiger partial charge >= 0.3 is 0 Å². The molecule has 0 bridgehead atoms. The van der Waals surface area contributed by atoms with Crippen LogP contribution in [0.5, 0.6) is 5.88 Å². The predicted octanol–water partition coefficient (Wildman–Crippen LogP) is 0.928. The van der Waals surface area contributed by atoms with Crippen molar-refractivity contribution >= 4 is 15.9 Å². The first-order valence-corrected chi connectivity index (χ1v) is 8.26. The minimum absolute atomic E-state index is 0.144. The minimum Gasteiger partial charge on any atom is -0.480 e. The lowest BCUT2D eigenvalue weighted by atomic mass is 10.2. The molecule has 1 heterocycles. The van der Waals surface area contributed by atoms with Crippen LogP contribution in [0, 0.1) is 0 Å². The van der Waals surface area contributed by atoms with Crippen molar-refractivity contribution in [3.63, 3.8) is 0 Å². The van der Waals surface area contributed by atoms with E-state index in [0.717, 1.165) is 0 Å². The molecule has 0 atom stereocenters. The summed E-state index contributed by atoms with van der Waals surface area (Å²) in [6.45, 7) is 0.184. The van der Waals surface area contributed by atoms with E-state index in [9.17, 15) is 13.2 Å². The minimum atomic E-state index is -3.51. The largest absolute Gasteiger partial charge is 0.480 e. The summed E-state index contributed by atoms with van der Waals surface area (Å²) in [5.74, 6) is -0.117. The Morgan fingerprint density at radius 3 is 2.74 bits per heavy atom. The van der Waals surface area contributed by atoms with Gasteiger partial charge in [-0.1, -0.05) is 12.1 Å². The maximum absolute atomic E-state index is 12.2. The van der Waals surface area contributed by atoms with Crippen molar-refractivity contribution in [1.29, 1.82) is 0 Å². The molecule has 2 rings (SSSR count). The Labute approximate surface area is 134 Å². The van der Waals surface area contributed by atoms with Gasteiger partial charge in [-0.2, -0.15) is 0 Å². The Bertz CT molecular complexity index is 806. The van der Waals surface area contributed by atoms with Crippen molar-refractivity contribution in [3.8, 4) is 5.88 Å². The summed E-state index contributed by atoms with van der Waals surface area (Å²) in [4.78, 5) is 16.3. The van der Waals surface area contributed by atoms with E-state index in [1.54, 1.807) is 24.3 Å². The number of rotatable bonds is 6. The number of hydrogen-bond acceptors (Lipinski definition) is 5. The molecule has 0 saturated carbocycles. The molecule has 8 heteroatoms. The van der Waals surface area contributed by atoms with E-state index < -0.39 is 10.0 Å². The van der Waals surface area contributed by atoms with Crippen LogP contribution in [0.1, 0.15) is 15.9 Å². The average Bonchev–Trinajstić information content (AvgIpc) is 2.59. The van der Waals surface area contributed by atoms with Gasteiger partial charge in [0.2, 0.25) is 15.9 Å². The molecule has 122 valence electrons. The highest BCUT2D eigenvalue weighted by atomic mass is 32.2. The van der Waals surface area contributed by atoms with E-state index in [0.29, 0.717) is 11.1 Å². The second kappa shape index (κ2) is 7.21. The van der Waals surface area contributed by atoms with Crippen molar-refractivity contribution in [2.75, 3.05) is 14.2 Å². The second-order valence-electron chi connectivity index (χ2n) is 4.60. The van der Waals surface area contributed by atoms with Crippen LogP contribution in [0.15, 0.2) is 47.5 Å². The highest BCUT2D eigenvalue weighted by molar-refractivity contribution is 7.89. The molecule has 0 aliphatic carbocycles. The van der Waals surface area contributed by atoms with Crippen molar-refractivity contribution in [1.82, 2.24) is 15.0 Å². The Morgan fingerprint density at radius 2 is 2.04 bits per heavy atom. The Morgan fingerprint density at radius 1 is 1.26 bits per heavy atom. The number of methoxy groups -OCH3 is 1. The molecule has 1 aromatic heterocycles. The molecular weight excluding hydrogens is 318 g/mol. The standard InChI is InChI=1S/C15H17N3O4S/c1-16-23(20,21)12-6-3-5-11(9-12)10-18-14(19)13-7-4-8-17-15(13)22-2/h3-9,16H,10H2,1-2H3,(H,18,19). The molecule has 0 saturated heterocycles. The summed E-state index contributed by atoms with van der Waals surface area (Å²) in [5.41, 5.74) is 0.978. The fourth-order valence-electron chi connectivity index (χ4n) is 1.94. The van der Waals surface area contributed by atoms with Crippen molar-refractivity contribution < 1.29 is 17.9 Å². The molecule has 0 fully saturated rings. The SMILES string of the molecule is CNS(=O)(=O)c1cccc(CNC(=O)c2cccnc2OC)c1. The first kappa shape index (κ1) is 16.9. The number of pyridine rings is 1. The van der Waals surface area contributed by atoms with Gasteiger partial charge in [0.25, 0.3) is 5.91 Å². The third-order valence-corrected chi connectivity index (χ3v) is 4.55. The number of sulfonamides is 1. The van der Waals surface area contributed by atoms with Crippen LogP contribution in [-0.2, 0) is 16.6 Å². The number of hydrogen-bond donors (Lipinski definition) is 2. The van der Waals surface area contributed by atoms with Gasteiger partial charge in [-0.05, 0) is 36.9 Å². The first-order valence-electron chi connectivity index (χ1n) is 6.77. The number of ether oxygens (including phenoxy) is 1. The number of amides is 1. The summed E-state index contributed by atoms with van der Waals surface area (Å²) >= 11 is 0. The third kappa shape index (κ3) is 4.05. The molecule has 2 aromatic rings. The predicted molar refractivity (Wildman–Crippen MR) is 84.6 cm³/mol. The van der Waals surface area contributed by atoms with Gasteiger partial charge in [0.15, 0.2) is 0 Å². The van der Waals surface area contributed by atoms with E-state index in [1.165, 1.54) is 32.5 Å². The molecule has 0 radical (unpaired) electrons. The summed E-state index contributed by atoms with van der Waals surface area (Å²) in [5, 5.41) is 2.71. The van der Waals surface area contributed by atoms with Crippen LogP contribution in [-0.4, -0.2) is 33.5 Å². The highest BCUT2D eigenvalue weighted by Crippen LogP contribution is 2.14. The number of nitrogens with zero attached hydrogens (tertiary/aromatic N) is 1. The summed E-state index contributed by atoms with van der Waals surface area (Å²) in [6.07, 6.45) is 1.53. The quantitative estimate of drug-likeness (QED) is 0.818. The smallest absolute Gasteiger partial charge is 0.257 e. The first-order chi connectivity index (χ1) is 11.0. The molecule has 2 N–H and O–H groups in total. The number of carbonyl (C=O) groups excluding carboxylic acids is 1. The van der Waals surface area contributed by atoms with Crippen LogP contribution in [0.3, 0.4) is 0 Å². The Hall–Kier alpha value is -2.45. The van der Waals surface area contributed by atoms with E-state index in [1.807, 2.05) is 0 Å². The second-order valence-corrected chi connectivity index (χ2v) is 6.48. The van der Waals surface area contributed by atoms with Gasteiger partial charge in [0, 0.05) is 12.7 Å². The molecule has 1 aromatic carbocycles. The molecule has 0 aliphatic rings. The van der Waals surface area contributed by atoms with E-state index in [2.05, 4.69) is 15.0 Å². The summed E-state index contributed by atoms with van der Waals surface area (Å²) in [7, 11) is -0.733. The lowest BCUT2D eigenvalue weighted by molar-refractivity contribution is 0.0947. The Balaban J connectivity index is 2.12. The summed E-state index contributed by atoms with van der Waals surface area (Å²) in [6, 6.07) is 9.58. The molecule has 0 spiro atoms. The van der Waals surface area contributed by atoms with Gasteiger partial charge in [0.05, 0.1) is 12.0 Å². The number of aromatic nitrogens is 1. The highest BCUT2D eigenvalue weighted by Gasteiger charge is 2.14. The normalized spacial score (nSPS) is 11.0. The van der Waals surface area contributed by atoms with Crippen molar-refractivity contribution in [2.45, 2.75) is 11.4 Å². The molecule has 0 aliphatic heterocycles. The van der Waals surface area contributed by atoms with Crippen LogP contribution >= 0.6 is 0 Å². The van der Waals surface area contributed by atoms with Gasteiger partial charge < -0.3 is 10.1 Å². The third-order valence-electron chi connectivity index (χ3n) is 3.14. The molecule has 1 amide bonds. The van der Waals surface area contributed by atoms with Crippen LogP contribution in [0.2, 0.25) is 0 Å². The fourth-order valence-corrected chi connectivity index (χ4v) is 2.74. The van der Waals surface area contributed by atoms with Gasteiger partial charge in [-0.25, -0.2) is 18.1 Å². The van der Waals surface area contributed by atoms with E-state index >= 15 is 0 Å². The van der Waals surface area contributed by atoms with Crippen molar-refractivity contribution in [3.05, 3.63) is 53.7 Å². The molecule has 23 heavy (non-hydrogen) atoms. The zero-order chi connectivity index (χ0) is 16.9. The maximum Gasteiger partial charge on any atom is 0.257 e. The van der Waals surface area contributed by atoms with Gasteiger partial charge in [0.1, 0.15) is 5.56 Å². The fraction of sp³-hybridized carbons (Fsp3) is 0.200. The zero-order valence-electron chi connectivity index (χ0n) is 12.7. The van der Waals surface area contributed by atoms with Crippen molar-refractivity contribution in [2.24, 2.45) is 0 Å². The topological polar surface area (TPSA) is 97.4 Å². The Kier molecular flexibility index (Phi) is 5.30. The van der Waals surface area contributed by atoms with Crippen LogP contribution < -0.4 is 14.8 Å².